The molecule has 2 rings (SSSR count). The van der Waals surface area contributed by atoms with Crippen molar-refractivity contribution < 1.29 is 0 Å². The van der Waals surface area contributed by atoms with Crippen molar-refractivity contribution in [2.45, 2.75) is 167 Å². The number of allylic oxidation sites excluding steroid dienone is 9. The van der Waals surface area contributed by atoms with E-state index in [0.29, 0.717) is 5.92 Å². The molecule has 0 saturated heterocycles. The first-order valence-electron chi connectivity index (χ1n) is 20.0. The predicted molar refractivity (Wildman–Crippen MR) is 227 cm³/mol. The fraction of sp³-hybridized carbons (Fsp3) is 0.560. The van der Waals surface area contributed by atoms with Gasteiger partial charge in [0.1, 0.15) is 0 Å². The molecule has 3 atom stereocenters. The van der Waals surface area contributed by atoms with Gasteiger partial charge in [-0.1, -0.05) is 154 Å². The molecule has 0 nitrogen and oxygen atoms in total. The largest absolute Gasteiger partial charge is 0.0958 e. The highest BCUT2D eigenvalue weighted by Gasteiger charge is 2.29. The molecule has 50 heavy (non-hydrogen) atoms. The Morgan fingerprint density at radius 1 is 0.760 bits per heavy atom. The van der Waals surface area contributed by atoms with Crippen LogP contribution in [0.25, 0.3) is 5.57 Å². The van der Waals surface area contributed by atoms with Crippen molar-refractivity contribution in [1.29, 1.82) is 0 Å². The number of hydrogen-bond donors (Lipinski definition) is 0. The Labute approximate surface area is 311 Å². The van der Waals surface area contributed by atoms with Gasteiger partial charge in [-0.05, 0) is 153 Å². The molecule has 2 aromatic carbocycles. The number of rotatable bonds is 19. The van der Waals surface area contributed by atoms with E-state index in [1.807, 2.05) is 0 Å². The Balaban J connectivity index is 2.24. The van der Waals surface area contributed by atoms with Gasteiger partial charge in [-0.2, -0.15) is 0 Å². The monoisotopic (exact) mass is 677 g/mol. The molecule has 0 radical (unpaired) electrons. The Hall–Kier alpha value is -2.86. The summed E-state index contributed by atoms with van der Waals surface area (Å²) in [5, 5.41) is 0. The van der Waals surface area contributed by atoms with Crippen LogP contribution in [0.4, 0.5) is 0 Å². The molecule has 3 unspecified atom stereocenters. The fourth-order valence-corrected chi connectivity index (χ4v) is 8.55. The van der Waals surface area contributed by atoms with Crippen LogP contribution in [-0.4, -0.2) is 0 Å². The van der Waals surface area contributed by atoms with Gasteiger partial charge in [0.05, 0.1) is 0 Å². The summed E-state index contributed by atoms with van der Waals surface area (Å²) in [5.41, 5.74) is 15.2. The van der Waals surface area contributed by atoms with Gasteiger partial charge >= 0.3 is 0 Å². The van der Waals surface area contributed by atoms with Crippen molar-refractivity contribution in [2.24, 2.45) is 17.3 Å². The SMILES string of the molecule is C=C(C)C(=CC(=CC)C(=CC)C(C)(C)c1ccc(C(=CC)C(C)(C)CC(C)CCCC(C)CC)cc1)CCCC(C)c1c(C)ccc(C)c1C. The highest BCUT2D eigenvalue weighted by molar-refractivity contribution is 5.70. The lowest BCUT2D eigenvalue weighted by atomic mass is 9.71. The van der Waals surface area contributed by atoms with Crippen LogP contribution in [0.2, 0.25) is 0 Å². The second kappa shape index (κ2) is 19.7. The summed E-state index contributed by atoms with van der Waals surface area (Å²) in [5.74, 6) is 2.12. The van der Waals surface area contributed by atoms with Gasteiger partial charge in [0.25, 0.3) is 0 Å². The van der Waals surface area contributed by atoms with Crippen molar-refractivity contribution in [3.05, 3.63) is 123 Å². The average Bonchev–Trinajstić information content (AvgIpc) is 3.05. The minimum atomic E-state index is -0.143. The van der Waals surface area contributed by atoms with Crippen LogP contribution < -0.4 is 0 Å². The van der Waals surface area contributed by atoms with Gasteiger partial charge in [0.15, 0.2) is 0 Å². The van der Waals surface area contributed by atoms with Crippen LogP contribution in [0, 0.1) is 38.0 Å². The second-order valence-corrected chi connectivity index (χ2v) is 17.0. The summed E-state index contributed by atoms with van der Waals surface area (Å²) in [7, 11) is 0. The van der Waals surface area contributed by atoms with Crippen molar-refractivity contribution in [3.63, 3.8) is 0 Å². The van der Waals surface area contributed by atoms with Gasteiger partial charge in [-0.3, -0.25) is 0 Å². The highest BCUT2D eigenvalue weighted by atomic mass is 14.3. The molecule has 2 aromatic rings. The van der Waals surface area contributed by atoms with E-state index < -0.39 is 0 Å². The Bertz CT molecular complexity index is 1510. The first-order chi connectivity index (χ1) is 23.4. The third-order valence-corrected chi connectivity index (χ3v) is 11.9. The lowest BCUT2D eigenvalue weighted by Crippen LogP contribution is -2.22. The molecule has 0 aliphatic rings. The molecule has 0 fully saturated rings. The zero-order valence-corrected chi connectivity index (χ0v) is 35.4. The summed E-state index contributed by atoms with van der Waals surface area (Å²) in [6, 6.07) is 14.0. The fourth-order valence-electron chi connectivity index (χ4n) is 8.55. The molecule has 0 saturated carbocycles. The first-order valence-corrected chi connectivity index (χ1v) is 20.0. The van der Waals surface area contributed by atoms with E-state index in [2.05, 4.69) is 171 Å². The molecule has 0 aliphatic heterocycles. The van der Waals surface area contributed by atoms with Crippen LogP contribution in [0.15, 0.2) is 89.6 Å². The van der Waals surface area contributed by atoms with Gasteiger partial charge in [0, 0.05) is 5.41 Å². The van der Waals surface area contributed by atoms with Crippen LogP contribution >= 0.6 is 0 Å². The minimum absolute atomic E-state index is 0.132. The normalized spacial score (nSPS) is 15.7. The summed E-state index contributed by atoms with van der Waals surface area (Å²) < 4.78 is 0. The Kier molecular flexibility index (Phi) is 17.0. The van der Waals surface area contributed by atoms with E-state index in [1.54, 1.807) is 0 Å². The van der Waals surface area contributed by atoms with Crippen molar-refractivity contribution in [2.75, 3.05) is 0 Å². The van der Waals surface area contributed by atoms with Crippen LogP contribution in [-0.2, 0) is 5.41 Å². The average molecular weight is 677 g/mol. The summed E-state index contributed by atoms with van der Waals surface area (Å²) in [6.07, 6.45) is 19.3. The molecule has 0 aliphatic carbocycles. The standard InChI is InChI=1S/C50H76/c1-17-36(7)23-21-24-37(8)34-49(13,14)46(19-3)43-29-31-45(32-30-43)50(15,16)47(20-4)42(18-2)33-44(35(5)6)26-22-25-39(10)48-40(11)28-27-38(9)41(48)12/h18-20,27-33,36-37,39H,5,17,21-26,34H2,1-4,6-16H3. The van der Waals surface area contributed by atoms with Crippen molar-refractivity contribution in [3.8, 4) is 0 Å². The molecule has 0 spiro atoms. The van der Waals surface area contributed by atoms with Crippen molar-refractivity contribution >= 4 is 5.57 Å². The van der Waals surface area contributed by atoms with Crippen LogP contribution in [0.1, 0.15) is 174 Å². The molecule has 0 heterocycles. The molecule has 0 amide bonds. The molecule has 0 bridgehead atoms. The maximum Gasteiger partial charge on any atom is 0.0149 e. The topological polar surface area (TPSA) is 0 Å². The maximum atomic E-state index is 4.42. The van der Waals surface area contributed by atoms with Gasteiger partial charge in [0.2, 0.25) is 0 Å². The second-order valence-electron chi connectivity index (χ2n) is 17.0. The number of hydrogen-bond acceptors (Lipinski definition) is 0. The zero-order valence-electron chi connectivity index (χ0n) is 35.4. The van der Waals surface area contributed by atoms with Gasteiger partial charge in [-0.25, -0.2) is 0 Å². The third kappa shape index (κ3) is 11.6. The summed E-state index contributed by atoms with van der Waals surface area (Å²) in [6.45, 7) is 39.2. The summed E-state index contributed by atoms with van der Waals surface area (Å²) >= 11 is 0. The molecule has 0 N–H and O–H groups in total. The number of benzene rings is 2. The highest BCUT2D eigenvalue weighted by Crippen LogP contribution is 2.43. The van der Waals surface area contributed by atoms with Crippen LogP contribution in [0.3, 0.4) is 0 Å². The Morgan fingerprint density at radius 3 is 1.90 bits per heavy atom. The first kappa shape index (κ1) is 43.3. The van der Waals surface area contributed by atoms with Gasteiger partial charge in [-0.15, -0.1) is 0 Å². The molecular weight excluding hydrogens is 601 g/mol. The number of aryl methyl sites for hydroxylation is 2. The van der Waals surface area contributed by atoms with Crippen molar-refractivity contribution in [1.82, 2.24) is 0 Å². The van der Waals surface area contributed by atoms with E-state index in [9.17, 15) is 0 Å². The van der Waals surface area contributed by atoms with Crippen LogP contribution in [0.5, 0.6) is 0 Å². The van der Waals surface area contributed by atoms with E-state index in [0.717, 1.165) is 24.7 Å². The summed E-state index contributed by atoms with van der Waals surface area (Å²) in [4.78, 5) is 0. The van der Waals surface area contributed by atoms with E-state index in [1.165, 1.54) is 99.8 Å². The molecule has 0 heteroatoms. The Morgan fingerprint density at radius 2 is 1.36 bits per heavy atom. The van der Waals surface area contributed by atoms with E-state index in [-0.39, 0.29) is 10.8 Å². The maximum absolute atomic E-state index is 4.42. The minimum Gasteiger partial charge on any atom is -0.0958 e. The van der Waals surface area contributed by atoms with Gasteiger partial charge < -0.3 is 0 Å². The lowest BCUT2D eigenvalue weighted by molar-refractivity contribution is 0.330. The molecular formula is C50H76. The lowest BCUT2D eigenvalue weighted by Gasteiger charge is -2.33. The zero-order chi connectivity index (χ0) is 37.8. The predicted octanol–water partition coefficient (Wildman–Crippen LogP) is 15.9. The third-order valence-electron chi connectivity index (χ3n) is 11.9. The molecule has 276 valence electrons. The molecule has 0 aromatic heterocycles. The van der Waals surface area contributed by atoms with E-state index >= 15 is 0 Å². The quantitative estimate of drug-likeness (QED) is 0.130. The van der Waals surface area contributed by atoms with E-state index in [4.69, 9.17) is 0 Å². The smallest absolute Gasteiger partial charge is 0.0149 e.